The van der Waals surface area contributed by atoms with E-state index in [1.165, 1.54) is 0 Å². The predicted octanol–water partition coefficient (Wildman–Crippen LogP) is 1.10. The van der Waals surface area contributed by atoms with Gasteiger partial charge in [-0.1, -0.05) is 0 Å². The van der Waals surface area contributed by atoms with Crippen LogP contribution in [0.4, 0.5) is 16.2 Å². The Morgan fingerprint density at radius 1 is 1.15 bits per heavy atom. The number of hydrogen-bond acceptors (Lipinski definition) is 4. The molecule has 2 aliphatic heterocycles. The van der Waals surface area contributed by atoms with Crippen LogP contribution < -0.4 is 15.5 Å². The lowest BCUT2D eigenvalue weighted by Gasteiger charge is -2.18. The molecule has 3 rings (SSSR count). The summed E-state index contributed by atoms with van der Waals surface area (Å²) in [7, 11) is 0. The van der Waals surface area contributed by atoms with E-state index in [9.17, 15) is 9.59 Å². The van der Waals surface area contributed by atoms with Gasteiger partial charge in [-0.05, 0) is 30.7 Å². The second-order valence-corrected chi connectivity index (χ2v) is 5.02. The second kappa shape index (κ2) is 5.13. The van der Waals surface area contributed by atoms with E-state index in [2.05, 4.69) is 0 Å². The van der Waals surface area contributed by atoms with Crippen molar-refractivity contribution in [1.29, 1.82) is 0 Å². The van der Waals surface area contributed by atoms with Gasteiger partial charge in [-0.25, -0.2) is 4.79 Å². The topological polar surface area (TPSA) is 75.9 Å². The molecule has 0 spiro atoms. The van der Waals surface area contributed by atoms with Gasteiger partial charge < -0.3 is 15.4 Å². The summed E-state index contributed by atoms with van der Waals surface area (Å²) >= 11 is 0. The number of hydrogen-bond donors (Lipinski definition) is 1. The van der Waals surface area contributed by atoms with Crippen LogP contribution >= 0.6 is 0 Å². The van der Waals surface area contributed by atoms with E-state index >= 15 is 0 Å². The molecule has 106 valence electrons. The van der Waals surface area contributed by atoms with Crippen LogP contribution in [-0.4, -0.2) is 37.7 Å². The van der Waals surface area contributed by atoms with Crippen molar-refractivity contribution in [3.8, 4) is 0 Å². The number of anilines is 2. The van der Waals surface area contributed by atoms with Crippen LogP contribution in [0.2, 0.25) is 0 Å². The number of nitrogens with zero attached hydrogens (tertiary/aromatic N) is 2. The van der Waals surface area contributed by atoms with Crippen LogP contribution in [0.5, 0.6) is 0 Å². The zero-order valence-corrected chi connectivity index (χ0v) is 11.1. The van der Waals surface area contributed by atoms with Gasteiger partial charge in [-0.2, -0.15) is 0 Å². The van der Waals surface area contributed by atoms with Crippen molar-refractivity contribution in [2.24, 2.45) is 5.73 Å². The summed E-state index contributed by atoms with van der Waals surface area (Å²) in [5.74, 6) is 0.154. The number of ether oxygens (including phenoxy) is 1. The fourth-order valence-electron chi connectivity index (χ4n) is 2.59. The molecule has 20 heavy (non-hydrogen) atoms. The Bertz CT molecular complexity index is 529. The van der Waals surface area contributed by atoms with Gasteiger partial charge in [0.05, 0.1) is 6.54 Å². The molecular formula is C14H17N3O3. The van der Waals surface area contributed by atoms with Crippen LogP contribution in [-0.2, 0) is 9.53 Å². The fourth-order valence-corrected chi connectivity index (χ4v) is 2.59. The number of rotatable bonds is 3. The average molecular weight is 275 g/mol. The number of nitrogens with two attached hydrogens (primary N) is 1. The first-order chi connectivity index (χ1) is 9.69. The van der Waals surface area contributed by atoms with Crippen LogP contribution in [0, 0.1) is 0 Å². The summed E-state index contributed by atoms with van der Waals surface area (Å²) in [6.45, 7) is 1.55. The average Bonchev–Trinajstić information content (AvgIpc) is 3.05. The second-order valence-electron chi connectivity index (χ2n) is 5.02. The van der Waals surface area contributed by atoms with Gasteiger partial charge in [0.25, 0.3) is 0 Å². The van der Waals surface area contributed by atoms with E-state index in [1.54, 1.807) is 9.80 Å². The Morgan fingerprint density at radius 3 is 2.30 bits per heavy atom. The van der Waals surface area contributed by atoms with Crippen LogP contribution in [0.25, 0.3) is 0 Å². The summed E-state index contributed by atoms with van der Waals surface area (Å²) in [5, 5.41) is 0. The van der Waals surface area contributed by atoms with Crippen molar-refractivity contribution < 1.29 is 14.3 Å². The zero-order chi connectivity index (χ0) is 14.1. The minimum Gasteiger partial charge on any atom is -0.443 e. The van der Waals surface area contributed by atoms with Gasteiger partial charge in [0.1, 0.15) is 6.10 Å². The van der Waals surface area contributed by atoms with Crippen molar-refractivity contribution in [3.05, 3.63) is 24.3 Å². The Morgan fingerprint density at radius 2 is 1.80 bits per heavy atom. The smallest absolute Gasteiger partial charge is 0.414 e. The molecule has 2 fully saturated rings. The Hall–Kier alpha value is -2.08. The van der Waals surface area contributed by atoms with Gasteiger partial charge in [-0.15, -0.1) is 0 Å². The molecule has 2 N–H and O–H groups in total. The molecule has 6 nitrogen and oxygen atoms in total. The number of carbonyl (C=O) groups excluding carboxylic acids is 2. The predicted molar refractivity (Wildman–Crippen MR) is 74.7 cm³/mol. The largest absolute Gasteiger partial charge is 0.443 e. The highest BCUT2D eigenvalue weighted by atomic mass is 16.6. The first-order valence-electron chi connectivity index (χ1n) is 6.77. The highest BCUT2D eigenvalue weighted by Gasteiger charge is 2.31. The molecule has 1 aromatic carbocycles. The van der Waals surface area contributed by atoms with E-state index in [0.29, 0.717) is 19.5 Å². The quantitative estimate of drug-likeness (QED) is 0.896. The first-order valence-corrected chi connectivity index (χ1v) is 6.77. The molecule has 2 heterocycles. The SMILES string of the molecule is NCC1CN(c2ccc(N3CCCC3=O)cc2)C(=O)O1. The molecule has 0 aromatic heterocycles. The molecule has 0 radical (unpaired) electrons. The maximum atomic E-state index is 11.7. The third kappa shape index (κ3) is 2.22. The maximum Gasteiger partial charge on any atom is 0.414 e. The summed E-state index contributed by atoms with van der Waals surface area (Å²) < 4.78 is 5.12. The molecule has 6 heteroatoms. The monoisotopic (exact) mass is 275 g/mol. The molecule has 0 aliphatic carbocycles. The van der Waals surface area contributed by atoms with Crippen molar-refractivity contribution in [2.45, 2.75) is 18.9 Å². The van der Waals surface area contributed by atoms with Gasteiger partial charge in [0.2, 0.25) is 5.91 Å². The normalized spacial score (nSPS) is 22.6. The molecule has 2 saturated heterocycles. The number of cyclic esters (lactones) is 1. The van der Waals surface area contributed by atoms with Gasteiger partial charge >= 0.3 is 6.09 Å². The van der Waals surface area contributed by atoms with Crippen molar-refractivity contribution in [1.82, 2.24) is 0 Å². The Kier molecular flexibility index (Phi) is 3.31. The summed E-state index contributed by atoms with van der Waals surface area (Å²) in [5.41, 5.74) is 7.15. The Balaban J connectivity index is 1.76. The van der Waals surface area contributed by atoms with E-state index in [4.69, 9.17) is 10.5 Å². The van der Waals surface area contributed by atoms with Crippen LogP contribution in [0.15, 0.2) is 24.3 Å². The minimum atomic E-state index is -0.370. The fraction of sp³-hybridized carbons (Fsp3) is 0.429. The molecule has 2 amide bonds. The molecule has 1 unspecified atom stereocenters. The summed E-state index contributed by atoms with van der Waals surface area (Å²) in [6, 6.07) is 7.39. The van der Waals surface area contributed by atoms with Gasteiger partial charge in [0, 0.05) is 30.9 Å². The van der Waals surface area contributed by atoms with E-state index in [1.807, 2.05) is 24.3 Å². The minimum absolute atomic E-state index is 0.154. The molecule has 1 atom stereocenters. The first kappa shape index (κ1) is 12.9. The number of amides is 2. The van der Waals surface area contributed by atoms with E-state index < -0.39 is 0 Å². The third-order valence-electron chi connectivity index (χ3n) is 3.68. The molecule has 1 aromatic rings. The van der Waals surface area contributed by atoms with E-state index in [0.717, 1.165) is 24.3 Å². The molecule has 0 saturated carbocycles. The Labute approximate surface area is 117 Å². The highest BCUT2D eigenvalue weighted by molar-refractivity contribution is 5.96. The molecule has 2 aliphatic rings. The maximum absolute atomic E-state index is 11.7. The molecule has 0 bridgehead atoms. The summed E-state index contributed by atoms with van der Waals surface area (Å²) in [6.07, 6.45) is 0.892. The van der Waals surface area contributed by atoms with Gasteiger partial charge in [-0.3, -0.25) is 9.69 Å². The lowest BCUT2D eigenvalue weighted by Crippen LogP contribution is -2.27. The van der Waals surface area contributed by atoms with Crippen molar-refractivity contribution in [3.63, 3.8) is 0 Å². The lowest BCUT2D eigenvalue weighted by atomic mass is 10.2. The molecular weight excluding hydrogens is 258 g/mol. The van der Waals surface area contributed by atoms with Gasteiger partial charge in [0.15, 0.2) is 0 Å². The standard InChI is InChI=1S/C14H17N3O3/c15-8-12-9-17(14(19)20-12)11-5-3-10(4-6-11)16-7-1-2-13(16)18/h3-6,12H,1-2,7-9,15H2. The lowest BCUT2D eigenvalue weighted by molar-refractivity contribution is -0.117. The number of carbonyl (C=O) groups is 2. The zero-order valence-electron chi connectivity index (χ0n) is 11.1. The van der Waals surface area contributed by atoms with Crippen molar-refractivity contribution in [2.75, 3.05) is 29.4 Å². The van der Waals surface area contributed by atoms with Crippen LogP contribution in [0.1, 0.15) is 12.8 Å². The summed E-state index contributed by atoms with van der Waals surface area (Å²) in [4.78, 5) is 26.7. The van der Waals surface area contributed by atoms with Crippen molar-refractivity contribution >= 4 is 23.4 Å². The van der Waals surface area contributed by atoms with Crippen LogP contribution in [0.3, 0.4) is 0 Å². The highest BCUT2D eigenvalue weighted by Crippen LogP contribution is 2.26. The van der Waals surface area contributed by atoms with E-state index in [-0.39, 0.29) is 18.1 Å². The third-order valence-corrected chi connectivity index (χ3v) is 3.68. The number of benzene rings is 1.